The van der Waals surface area contributed by atoms with E-state index in [0.29, 0.717) is 23.6 Å². The summed E-state index contributed by atoms with van der Waals surface area (Å²) in [4.78, 5) is 15.7. The number of aldehydes is 1. The maximum Gasteiger partial charge on any atom is 0.156 e. The average molecular weight is 283 g/mol. The molecule has 2 heterocycles. The monoisotopic (exact) mass is 283 g/mol. The van der Waals surface area contributed by atoms with Crippen LogP contribution in [-0.2, 0) is 13.6 Å². The Kier molecular flexibility index (Phi) is 3.21. The second-order valence-corrected chi connectivity index (χ2v) is 5.05. The number of aryl methyl sites for hydroxylation is 2. The van der Waals surface area contributed by atoms with Crippen LogP contribution in [0.5, 0.6) is 0 Å². The molecule has 0 fully saturated rings. The number of hydrogen-bond donors (Lipinski definition) is 1. The molecule has 0 aliphatic rings. The van der Waals surface area contributed by atoms with Crippen LogP contribution in [0.15, 0.2) is 24.5 Å². The zero-order valence-electron chi connectivity index (χ0n) is 12.1. The molecule has 3 aromatic rings. The first kappa shape index (κ1) is 13.4. The topological polar surface area (TPSA) is 78.7 Å². The molecule has 0 unspecified atom stereocenters. The average Bonchev–Trinajstić information content (AvgIpc) is 3.01. The van der Waals surface area contributed by atoms with Gasteiger partial charge in [-0.15, -0.1) is 0 Å². The molecule has 0 radical (unpaired) electrons. The minimum absolute atomic E-state index is 0.419. The third-order valence-electron chi connectivity index (χ3n) is 3.58. The number of aromatic nitrogens is 4. The number of carbonyl (C=O) groups excluding carboxylic acids is 1. The van der Waals surface area contributed by atoms with E-state index in [9.17, 15) is 4.79 Å². The predicted molar refractivity (Wildman–Crippen MR) is 82.0 cm³/mol. The van der Waals surface area contributed by atoms with Crippen molar-refractivity contribution < 1.29 is 4.79 Å². The van der Waals surface area contributed by atoms with Gasteiger partial charge >= 0.3 is 0 Å². The molecular formula is C15H17N5O. The molecule has 2 aromatic heterocycles. The molecule has 2 N–H and O–H groups in total. The third kappa shape index (κ3) is 2.08. The first-order chi connectivity index (χ1) is 10.2. The summed E-state index contributed by atoms with van der Waals surface area (Å²) >= 11 is 0. The SMILES string of the molecule is CCCn1nc(-c2ccc3c(c2)ncn3C)c(C=O)c1N. The van der Waals surface area contributed by atoms with E-state index in [1.807, 2.05) is 36.7 Å². The molecule has 0 atom stereocenters. The van der Waals surface area contributed by atoms with E-state index in [0.717, 1.165) is 29.3 Å². The molecule has 0 aliphatic heterocycles. The van der Waals surface area contributed by atoms with Gasteiger partial charge in [0.05, 0.1) is 22.9 Å². The molecular weight excluding hydrogens is 266 g/mol. The van der Waals surface area contributed by atoms with Crippen molar-refractivity contribution in [3.05, 3.63) is 30.1 Å². The van der Waals surface area contributed by atoms with Crippen molar-refractivity contribution in [1.82, 2.24) is 19.3 Å². The highest BCUT2D eigenvalue weighted by Crippen LogP contribution is 2.28. The number of nitrogen functional groups attached to an aromatic ring is 1. The van der Waals surface area contributed by atoms with Gasteiger partial charge in [0.25, 0.3) is 0 Å². The molecule has 6 nitrogen and oxygen atoms in total. The number of fused-ring (bicyclic) bond motifs is 1. The maximum absolute atomic E-state index is 11.4. The van der Waals surface area contributed by atoms with Gasteiger partial charge < -0.3 is 10.3 Å². The van der Waals surface area contributed by atoms with Crippen LogP contribution in [0.4, 0.5) is 5.82 Å². The van der Waals surface area contributed by atoms with Gasteiger partial charge in [0.1, 0.15) is 11.5 Å². The highest BCUT2D eigenvalue weighted by atomic mass is 16.1. The van der Waals surface area contributed by atoms with E-state index in [4.69, 9.17) is 5.73 Å². The van der Waals surface area contributed by atoms with Crippen molar-refractivity contribution in [3.63, 3.8) is 0 Å². The van der Waals surface area contributed by atoms with Crippen molar-refractivity contribution in [3.8, 4) is 11.3 Å². The summed E-state index contributed by atoms with van der Waals surface area (Å²) in [6.45, 7) is 2.74. The van der Waals surface area contributed by atoms with Crippen molar-refractivity contribution in [1.29, 1.82) is 0 Å². The molecule has 0 aliphatic carbocycles. The van der Waals surface area contributed by atoms with Crippen LogP contribution in [-0.4, -0.2) is 25.6 Å². The number of benzene rings is 1. The van der Waals surface area contributed by atoms with E-state index in [2.05, 4.69) is 10.1 Å². The van der Waals surface area contributed by atoms with Crippen LogP contribution in [0.1, 0.15) is 23.7 Å². The molecule has 3 rings (SSSR count). The highest BCUT2D eigenvalue weighted by Gasteiger charge is 2.17. The van der Waals surface area contributed by atoms with E-state index < -0.39 is 0 Å². The summed E-state index contributed by atoms with van der Waals surface area (Å²) in [5.41, 5.74) is 9.82. The molecule has 0 bridgehead atoms. The summed E-state index contributed by atoms with van der Waals surface area (Å²) < 4.78 is 3.63. The molecule has 0 amide bonds. The summed E-state index contributed by atoms with van der Waals surface area (Å²) in [7, 11) is 1.94. The Morgan fingerprint density at radius 1 is 1.38 bits per heavy atom. The Hall–Kier alpha value is -2.63. The van der Waals surface area contributed by atoms with Gasteiger partial charge in [0.15, 0.2) is 6.29 Å². The van der Waals surface area contributed by atoms with Crippen LogP contribution in [0.25, 0.3) is 22.3 Å². The smallest absolute Gasteiger partial charge is 0.156 e. The van der Waals surface area contributed by atoms with Gasteiger partial charge in [-0.05, 0) is 18.6 Å². The lowest BCUT2D eigenvalue weighted by Crippen LogP contribution is -2.04. The fourth-order valence-corrected chi connectivity index (χ4v) is 2.48. The highest BCUT2D eigenvalue weighted by molar-refractivity contribution is 5.93. The van der Waals surface area contributed by atoms with E-state index in [-0.39, 0.29) is 0 Å². The Labute approximate surface area is 122 Å². The van der Waals surface area contributed by atoms with Gasteiger partial charge in [-0.25, -0.2) is 9.67 Å². The van der Waals surface area contributed by atoms with E-state index in [1.54, 1.807) is 11.0 Å². The van der Waals surface area contributed by atoms with Crippen LogP contribution in [0, 0.1) is 0 Å². The quantitative estimate of drug-likeness (QED) is 0.745. The lowest BCUT2D eigenvalue weighted by Gasteiger charge is -2.00. The normalized spacial score (nSPS) is 11.1. The molecule has 0 saturated carbocycles. The number of hydrogen-bond acceptors (Lipinski definition) is 4. The largest absolute Gasteiger partial charge is 0.383 e. The zero-order chi connectivity index (χ0) is 15.0. The van der Waals surface area contributed by atoms with Gasteiger partial charge in [-0.3, -0.25) is 4.79 Å². The van der Waals surface area contributed by atoms with Crippen LogP contribution in [0.2, 0.25) is 0 Å². The Morgan fingerprint density at radius 2 is 2.19 bits per heavy atom. The first-order valence-corrected chi connectivity index (χ1v) is 6.88. The summed E-state index contributed by atoms with van der Waals surface area (Å²) in [5, 5.41) is 4.48. The van der Waals surface area contributed by atoms with Gasteiger partial charge in [-0.2, -0.15) is 5.10 Å². The summed E-state index contributed by atoms with van der Waals surface area (Å²) in [6.07, 6.45) is 3.44. The third-order valence-corrected chi connectivity index (χ3v) is 3.58. The lowest BCUT2D eigenvalue weighted by atomic mass is 10.1. The Morgan fingerprint density at radius 3 is 2.90 bits per heavy atom. The second kappa shape index (κ2) is 5.05. The van der Waals surface area contributed by atoms with Crippen molar-refractivity contribution in [2.45, 2.75) is 19.9 Å². The standard InChI is InChI=1S/C15H17N5O/c1-3-6-20-15(16)11(8-21)14(18-20)10-4-5-13-12(7-10)17-9-19(13)2/h4-5,7-9H,3,6,16H2,1-2H3. The zero-order valence-corrected chi connectivity index (χ0v) is 12.1. The molecule has 21 heavy (non-hydrogen) atoms. The van der Waals surface area contributed by atoms with Crippen LogP contribution < -0.4 is 5.73 Å². The van der Waals surface area contributed by atoms with Crippen molar-refractivity contribution in [2.24, 2.45) is 7.05 Å². The number of rotatable bonds is 4. The van der Waals surface area contributed by atoms with Gasteiger partial charge in [0, 0.05) is 19.2 Å². The van der Waals surface area contributed by atoms with Crippen LogP contribution in [0.3, 0.4) is 0 Å². The number of nitrogens with zero attached hydrogens (tertiary/aromatic N) is 4. The summed E-state index contributed by atoms with van der Waals surface area (Å²) in [5.74, 6) is 0.419. The molecule has 0 spiro atoms. The predicted octanol–water partition coefficient (Wildman–Crippen LogP) is 2.24. The minimum atomic E-state index is 0.419. The number of imidazole rings is 1. The molecule has 108 valence electrons. The fraction of sp³-hybridized carbons (Fsp3) is 0.267. The lowest BCUT2D eigenvalue weighted by molar-refractivity contribution is 0.112. The number of carbonyl (C=O) groups is 1. The molecule has 6 heteroatoms. The van der Waals surface area contributed by atoms with E-state index >= 15 is 0 Å². The van der Waals surface area contributed by atoms with Gasteiger partial charge in [-0.1, -0.05) is 13.0 Å². The Bertz CT molecular complexity index is 815. The minimum Gasteiger partial charge on any atom is -0.383 e. The molecule has 0 saturated heterocycles. The Balaban J connectivity index is 2.17. The fourth-order valence-electron chi connectivity index (χ4n) is 2.48. The van der Waals surface area contributed by atoms with Crippen molar-refractivity contribution in [2.75, 3.05) is 5.73 Å². The van der Waals surface area contributed by atoms with Crippen LogP contribution >= 0.6 is 0 Å². The molecule has 1 aromatic carbocycles. The second-order valence-electron chi connectivity index (χ2n) is 5.05. The summed E-state index contributed by atoms with van der Waals surface area (Å²) in [6, 6.07) is 5.84. The van der Waals surface area contributed by atoms with Gasteiger partial charge in [0.2, 0.25) is 0 Å². The first-order valence-electron chi connectivity index (χ1n) is 6.88. The number of nitrogens with two attached hydrogens (primary N) is 1. The van der Waals surface area contributed by atoms with Crippen molar-refractivity contribution >= 4 is 23.1 Å². The maximum atomic E-state index is 11.4. The van der Waals surface area contributed by atoms with E-state index in [1.165, 1.54) is 0 Å². The number of anilines is 1.